The van der Waals surface area contributed by atoms with Gasteiger partial charge in [-0.2, -0.15) is 0 Å². The first-order valence-electron chi connectivity index (χ1n) is 11.7. The van der Waals surface area contributed by atoms with Crippen molar-refractivity contribution in [3.8, 4) is 23.0 Å². The van der Waals surface area contributed by atoms with Crippen molar-refractivity contribution in [3.05, 3.63) is 68.4 Å². The molecule has 1 aromatic heterocycles. The second-order valence-corrected chi connectivity index (χ2v) is 9.37. The van der Waals surface area contributed by atoms with Crippen LogP contribution in [0.1, 0.15) is 58.6 Å². The predicted molar refractivity (Wildman–Crippen MR) is 141 cm³/mol. The first-order valence-corrected chi connectivity index (χ1v) is 11.7. The van der Waals surface area contributed by atoms with E-state index in [-0.39, 0.29) is 44.9 Å². The first kappa shape index (κ1) is 25.9. The van der Waals surface area contributed by atoms with Gasteiger partial charge in [-0.1, -0.05) is 34.9 Å². The molecule has 0 atom stereocenters. The third kappa shape index (κ3) is 5.53. The van der Waals surface area contributed by atoms with Gasteiger partial charge in [0, 0.05) is 23.3 Å². The molecular formula is C29H34O6. The number of rotatable bonds is 8. The van der Waals surface area contributed by atoms with Gasteiger partial charge in [0.2, 0.25) is 5.43 Å². The number of aromatic hydroxyl groups is 3. The average Bonchev–Trinajstić information content (AvgIpc) is 2.76. The van der Waals surface area contributed by atoms with Crippen molar-refractivity contribution in [2.45, 2.75) is 60.3 Å². The molecule has 0 spiro atoms. The van der Waals surface area contributed by atoms with E-state index < -0.39 is 5.43 Å². The standard InChI is InChI=1S/C29H34O6/c1-16(2)8-7-9-18(5)11-13-20-25-24(15-23(32)28(20)34-6)35-29-19(12-10-17(3)4)21(30)14-22(31)26(29)27(25)33/h8,10-11,14-15,30-32H,7,9,12-13H2,1-6H3/b18-11+. The highest BCUT2D eigenvalue weighted by Crippen LogP contribution is 2.40. The molecule has 35 heavy (non-hydrogen) atoms. The van der Waals surface area contributed by atoms with Crippen LogP contribution in [0.3, 0.4) is 0 Å². The van der Waals surface area contributed by atoms with Gasteiger partial charge in [-0.3, -0.25) is 4.79 Å². The van der Waals surface area contributed by atoms with Crippen LogP contribution in [0.5, 0.6) is 23.0 Å². The summed E-state index contributed by atoms with van der Waals surface area (Å²) in [5.74, 6) is -0.479. The maximum atomic E-state index is 13.7. The molecule has 3 rings (SSSR count). The van der Waals surface area contributed by atoms with Crippen LogP contribution in [0.4, 0.5) is 0 Å². The van der Waals surface area contributed by atoms with Gasteiger partial charge >= 0.3 is 0 Å². The van der Waals surface area contributed by atoms with Crippen LogP contribution in [0.25, 0.3) is 21.9 Å². The molecule has 0 saturated carbocycles. The lowest BCUT2D eigenvalue weighted by Gasteiger charge is -2.15. The Hall–Kier alpha value is -3.67. The summed E-state index contributed by atoms with van der Waals surface area (Å²) in [6.45, 7) is 10.0. The fourth-order valence-electron chi connectivity index (χ4n) is 4.14. The SMILES string of the molecule is COc1c(O)cc2oc3c(CC=C(C)C)c(O)cc(O)c3c(=O)c2c1C/C=C(\C)CCC=C(C)C. The summed E-state index contributed by atoms with van der Waals surface area (Å²) in [6, 6.07) is 2.51. The molecule has 186 valence electrons. The number of benzene rings is 2. The van der Waals surface area contributed by atoms with Gasteiger partial charge in [-0.15, -0.1) is 0 Å². The highest BCUT2D eigenvalue weighted by Gasteiger charge is 2.23. The van der Waals surface area contributed by atoms with Crippen molar-refractivity contribution in [3.63, 3.8) is 0 Å². The lowest BCUT2D eigenvalue weighted by atomic mass is 9.98. The smallest absolute Gasteiger partial charge is 0.204 e. The molecule has 6 nitrogen and oxygen atoms in total. The van der Waals surface area contributed by atoms with Crippen molar-refractivity contribution >= 4 is 21.9 Å². The van der Waals surface area contributed by atoms with Gasteiger partial charge in [-0.25, -0.2) is 0 Å². The summed E-state index contributed by atoms with van der Waals surface area (Å²) in [5.41, 5.74) is 4.13. The number of allylic oxidation sites excluding steroid dienone is 6. The minimum absolute atomic E-state index is 0.00860. The minimum Gasteiger partial charge on any atom is -0.507 e. The number of fused-ring (bicyclic) bond motifs is 2. The normalized spacial score (nSPS) is 11.7. The molecule has 0 fully saturated rings. The molecule has 0 aliphatic rings. The van der Waals surface area contributed by atoms with E-state index in [9.17, 15) is 20.1 Å². The zero-order valence-corrected chi connectivity index (χ0v) is 21.3. The van der Waals surface area contributed by atoms with Gasteiger partial charge in [0.25, 0.3) is 0 Å². The Kier molecular flexibility index (Phi) is 7.95. The Balaban J connectivity index is 2.27. The summed E-state index contributed by atoms with van der Waals surface area (Å²) < 4.78 is 11.5. The van der Waals surface area contributed by atoms with Crippen LogP contribution in [-0.4, -0.2) is 22.4 Å². The van der Waals surface area contributed by atoms with Crippen LogP contribution >= 0.6 is 0 Å². The zero-order chi connectivity index (χ0) is 25.9. The Bertz CT molecular complexity index is 1410. The van der Waals surface area contributed by atoms with Crippen LogP contribution < -0.4 is 10.2 Å². The second kappa shape index (κ2) is 10.7. The summed E-state index contributed by atoms with van der Waals surface area (Å²) in [7, 11) is 1.44. The molecule has 6 heteroatoms. The van der Waals surface area contributed by atoms with Gasteiger partial charge in [0.15, 0.2) is 11.5 Å². The van der Waals surface area contributed by atoms with Gasteiger partial charge < -0.3 is 24.5 Å². The maximum absolute atomic E-state index is 13.7. The Morgan fingerprint density at radius 1 is 0.857 bits per heavy atom. The lowest BCUT2D eigenvalue weighted by molar-refractivity contribution is 0.370. The molecule has 2 aromatic carbocycles. The van der Waals surface area contributed by atoms with E-state index in [4.69, 9.17) is 9.15 Å². The highest BCUT2D eigenvalue weighted by atomic mass is 16.5. The number of hydrogen-bond donors (Lipinski definition) is 3. The molecular weight excluding hydrogens is 444 g/mol. The van der Waals surface area contributed by atoms with E-state index in [2.05, 4.69) is 19.9 Å². The molecule has 0 bridgehead atoms. The van der Waals surface area contributed by atoms with E-state index in [0.29, 0.717) is 24.0 Å². The Morgan fingerprint density at radius 3 is 2.14 bits per heavy atom. The predicted octanol–water partition coefficient (Wildman–Crippen LogP) is 6.82. The first-order chi connectivity index (χ1) is 16.5. The van der Waals surface area contributed by atoms with Gasteiger partial charge in [0.05, 0.1) is 12.5 Å². The molecule has 0 amide bonds. The topological polar surface area (TPSA) is 100 Å². The Labute approximate surface area is 205 Å². The molecule has 1 heterocycles. The lowest BCUT2D eigenvalue weighted by Crippen LogP contribution is -2.08. The van der Waals surface area contributed by atoms with Crippen LogP contribution in [0.15, 0.2) is 56.3 Å². The summed E-state index contributed by atoms with van der Waals surface area (Å²) >= 11 is 0. The highest BCUT2D eigenvalue weighted by molar-refractivity contribution is 5.98. The molecule has 0 unspecified atom stereocenters. The second-order valence-electron chi connectivity index (χ2n) is 9.37. The van der Waals surface area contributed by atoms with Crippen LogP contribution in [0.2, 0.25) is 0 Å². The molecule has 0 radical (unpaired) electrons. The average molecular weight is 479 g/mol. The third-order valence-corrected chi connectivity index (χ3v) is 5.99. The van der Waals surface area contributed by atoms with Crippen molar-refractivity contribution in [2.75, 3.05) is 7.11 Å². The fourth-order valence-corrected chi connectivity index (χ4v) is 4.14. The molecule has 3 N–H and O–H groups in total. The van der Waals surface area contributed by atoms with E-state index >= 15 is 0 Å². The molecule has 0 aliphatic carbocycles. The van der Waals surface area contributed by atoms with E-state index in [0.717, 1.165) is 24.0 Å². The van der Waals surface area contributed by atoms with E-state index in [1.165, 1.54) is 24.8 Å². The number of phenols is 3. The number of phenolic OH excluding ortho intramolecular Hbond substituents is 3. The monoisotopic (exact) mass is 478 g/mol. The van der Waals surface area contributed by atoms with Gasteiger partial charge in [-0.05, 0) is 60.3 Å². The van der Waals surface area contributed by atoms with Crippen LogP contribution in [-0.2, 0) is 12.8 Å². The van der Waals surface area contributed by atoms with Crippen molar-refractivity contribution < 1.29 is 24.5 Å². The van der Waals surface area contributed by atoms with Crippen molar-refractivity contribution in [1.29, 1.82) is 0 Å². The number of hydrogen-bond acceptors (Lipinski definition) is 6. The van der Waals surface area contributed by atoms with E-state index in [1.54, 1.807) is 0 Å². The largest absolute Gasteiger partial charge is 0.507 e. The molecule has 0 saturated heterocycles. The quantitative estimate of drug-likeness (QED) is 0.243. The summed E-state index contributed by atoms with van der Waals surface area (Å²) in [6.07, 6.45) is 8.53. The molecule has 0 aliphatic heterocycles. The van der Waals surface area contributed by atoms with E-state index in [1.807, 2.05) is 32.9 Å². The number of ether oxygens (including phenoxy) is 1. The van der Waals surface area contributed by atoms with Gasteiger partial charge in [0.1, 0.15) is 28.1 Å². The summed E-state index contributed by atoms with van der Waals surface area (Å²) in [4.78, 5) is 13.7. The zero-order valence-electron chi connectivity index (χ0n) is 21.3. The fraction of sp³-hybridized carbons (Fsp3) is 0.345. The molecule has 3 aromatic rings. The Morgan fingerprint density at radius 2 is 1.51 bits per heavy atom. The summed E-state index contributed by atoms with van der Waals surface area (Å²) in [5, 5.41) is 31.9. The van der Waals surface area contributed by atoms with Crippen LogP contribution in [0, 0.1) is 0 Å². The van der Waals surface area contributed by atoms with Crippen molar-refractivity contribution in [1.82, 2.24) is 0 Å². The minimum atomic E-state index is -0.443. The number of methoxy groups -OCH3 is 1. The third-order valence-electron chi connectivity index (χ3n) is 5.99. The maximum Gasteiger partial charge on any atom is 0.204 e. The van der Waals surface area contributed by atoms with Crippen molar-refractivity contribution in [2.24, 2.45) is 0 Å².